The molecule has 4 nitrogen and oxygen atoms in total. The second-order valence-corrected chi connectivity index (χ2v) is 6.19. The summed E-state index contributed by atoms with van der Waals surface area (Å²) in [6.45, 7) is 2.03. The maximum absolute atomic E-state index is 12.0. The predicted molar refractivity (Wildman–Crippen MR) is 87.8 cm³/mol. The summed E-state index contributed by atoms with van der Waals surface area (Å²) in [7, 11) is 0. The Kier molecular flexibility index (Phi) is 2.47. The highest BCUT2D eigenvalue weighted by atomic mass is 16.6. The van der Waals surface area contributed by atoms with E-state index in [0.717, 1.165) is 45.4 Å². The van der Waals surface area contributed by atoms with Gasteiger partial charge in [-0.3, -0.25) is 0 Å². The van der Waals surface area contributed by atoms with Crippen molar-refractivity contribution in [3.8, 4) is 11.5 Å². The first kappa shape index (κ1) is 13.3. The molecule has 3 aromatic carbocycles. The molecule has 0 spiro atoms. The Balaban J connectivity index is 1.76. The predicted octanol–water partition coefficient (Wildman–Crippen LogP) is 4.16. The standard InChI is InChI=1S/C20H12O4/c1-10-2-3-11-9-15-12-4-5-14-18(20(22)24-19(14)21)13(12)6-7-16(15)23-17(11)8-10/h2-8H,9H2,1H3. The summed E-state index contributed by atoms with van der Waals surface area (Å²) >= 11 is 0. The van der Waals surface area contributed by atoms with E-state index in [-0.39, 0.29) is 0 Å². The van der Waals surface area contributed by atoms with Gasteiger partial charge in [0.25, 0.3) is 0 Å². The molecule has 2 aliphatic heterocycles. The third-order valence-electron chi connectivity index (χ3n) is 4.69. The first-order valence-electron chi connectivity index (χ1n) is 7.74. The molecule has 0 unspecified atom stereocenters. The van der Waals surface area contributed by atoms with Crippen molar-refractivity contribution in [1.82, 2.24) is 0 Å². The number of hydrogen-bond acceptors (Lipinski definition) is 4. The molecule has 24 heavy (non-hydrogen) atoms. The quantitative estimate of drug-likeness (QED) is 0.361. The molecule has 5 rings (SSSR count). The third-order valence-corrected chi connectivity index (χ3v) is 4.69. The molecule has 2 aliphatic rings. The van der Waals surface area contributed by atoms with Crippen molar-refractivity contribution >= 4 is 22.7 Å². The van der Waals surface area contributed by atoms with E-state index in [1.54, 1.807) is 6.07 Å². The number of rotatable bonds is 0. The monoisotopic (exact) mass is 316 g/mol. The number of benzene rings is 3. The lowest BCUT2D eigenvalue weighted by atomic mass is 9.91. The SMILES string of the molecule is Cc1ccc2c(c1)Oc1ccc3c4c(ccc3c1C2)C(=O)OC4=O. The summed E-state index contributed by atoms with van der Waals surface area (Å²) in [6, 6.07) is 13.4. The van der Waals surface area contributed by atoms with Gasteiger partial charge < -0.3 is 9.47 Å². The summed E-state index contributed by atoms with van der Waals surface area (Å²) in [5.74, 6) is 0.510. The number of aryl methyl sites for hydroxylation is 1. The van der Waals surface area contributed by atoms with E-state index in [1.807, 2.05) is 31.2 Å². The van der Waals surface area contributed by atoms with Crippen molar-refractivity contribution in [2.75, 3.05) is 0 Å². The van der Waals surface area contributed by atoms with Crippen LogP contribution in [0.25, 0.3) is 10.8 Å². The smallest absolute Gasteiger partial charge is 0.347 e. The molecule has 4 heteroatoms. The van der Waals surface area contributed by atoms with E-state index in [1.165, 1.54) is 0 Å². The van der Waals surface area contributed by atoms with Crippen LogP contribution in [0.2, 0.25) is 0 Å². The summed E-state index contributed by atoms with van der Waals surface area (Å²) in [5, 5.41) is 1.66. The van der Waals surface area contributed by atoms with Gasteiger partial charge in [0.05, 0.1) is 11.1 Å². The van der Waals surface area contributed by atoms with Gasteiger partial charge in [-0.15, -0.1) is 0 Å². The summed E-state index contributed by atoms with van der Waals surface area (Å²) in [6.07, 6.45) is 0.726. The largest absolute Gasteiger partial charge is 0.457 e. The van der Waals surface area contributed by atoms with Crippen LogP contribution in [0.5, 0.6) is 11.5 Å². The molecule has 0 aliphatic carbocycles. The molecular formula is C20H12O4. The van der Waals surface area contributed by atoms with Crippen LogP contribution in [0.15, 0.2) is 42.5 Å². The number of hydrogen-bond donors (Lipinski definition) is 0. The number of ether oxygens (including phenoxy) is 2. The molecular weight excluding hydrogens is 304 g/mol. The Hall–Kier alpha value is -3.14. The van der Waals surface area contributed by atoms with Gasteiger partial charge in [-0.2, -0.15) is 0 Å². The molecule has 0 atom stereocenters. The maximum Gasteiger partial charge on any atom is 0.347 e. The summed E-state index contributed by atoms with van der Waals surface area (Å²) < 4.78 is 10.8. The zero-order valence-electron chi connectivity index (χ0n) is 12.9. The fourth-order valence-electron chi connectivity index (χ4n) is 3.52. The van der Waals surface area contributed by atoms with E-state index < -0.39 is 11.9 Å². The van der Waals surface area contributed by atoms with Crippen molar-refractivity contribution in [2.45, 2.75) is 13.3 Å². The minimum absolute atomic E-state index is 0.334. The Labute approximate surface area is 137 Å². The lowest BCUT2D eigenvalue weighted by molar-refractivity contribution is 0.0444. The van der Waals surface area contributed by atoms with Crippen LogP contribution >= 0.6 is 0 Å². The zero-order chi connectivity index (χ0) is 16.4. The van der Waals surface area contributed by atoms with Crippen LogP contribution < -0.4 is 4.74 Å². The Bertz CT molecular complexity index is 1080. The molecule has 0 bridgehead atoms. The van der Waals surface area contributed by atoms with E-state index >= 15 is 0 Å². The lowest BCUT2D eigenvalue weighted by Crippen LogP contribution is -2.05. The van der Waals surface area contributed by atoms with Gasteiger partial charge in [-0.1, -0.05) is 18.2 Å². The zero-order valence-corrected chi connectivity index (χ0v) is 12.9. The molecule has 0 aromatic heterocycles. The molecule has 0 radical (unpaired) electrons. The van der Waals surface area contributed by atoms with Crippen LogP contribution in [0.1, 0.15) is 37.4 Å². The minimum atomic E-state index is -0.577. The van der Waals surface area contributed by atoms with E-state index in [0.29, 0.717) is 11.1 Å². The van der Waals surface area contributed by atoms with Gasteiger partial charge in [0.1, 0.15) is 11.5 Å². The van der Waals surface area contributed by atoms with Crippen molar-refractivity contribution in [3.63, 3.8) is 0 Å². The molecule has 2 heterocycles. The van der Waals surface area contributed by atoms with Crippen LogP contribution in [-0.2, 0) is 11.2 Å². The Morgan fingerprint density at radius 3 is 2.54 bits per heavy atom. The van der Waals surface area contributed by atoms with Gasteiger partial charge in [-0.25, -0.2) is 9.59 Å². The minimum Gasteiger partial charge on any atom is -0.457 e. The maximum atomic E-state index is 12.0. The third kappa shape index (κ3) is 1.68. The molecule has 0 saturated carbocycles. The van der Waals surface area contributed by atoms with Crippen molar-refractivity contribution in [1.29, 1.82) is 0 Å². The first-order chi connectivity index (χ1) is 11.6. The average molecular weight is 316 g/mol. The molecule has 0 amide bonds. The highest BCUT2D eigenvalue weighted by Crippen LogP contribution is 2.42. The van der Waals surface area contributed by atoms with E-state index in [2.05, 4.69) is 12.1 Å². The number of carbonyl (C=O) groups is 2. The fourth-order valence-corrected chi connectivity index (χ4v) is 3.52. The topological polar surface area (TPSA) is 52.6 Å². The lowest BCUT2D eigenvalue weighted by Gasteiger charge is -2.22. The number of carbonyl (C=O) groups excluding carboxylic acids is 2. The summed E-state index contributed by atoms with van der Waals surface area (Å²) in [5.41, 5.74) is 3.98. The molecule has 0 saturated heterocycles. The van der Waals surface area contributed by atoms with E-state index in [9.17, 15) is 9.59 Å². The Morgan fingerprint density at radius 1 is 0.833 bits per heavy atom. The number of esters is 2. The molecule has 0 fully saturated rings. The van der Waals surface area contributed by atoms with E-state index in [4.69, 9.17) is 9.47 Å². The van der Waals surface area contributed by atoms with Gasteiger partial charge in [-0.05, 0) is 53.1 Å². The average Bonchev–Trinajstić information content (AvgIpc) is 2.87. The van der Waals surface area contributed by atoms with Crippen LogP contribution in [0.3, 0.4) is 0 Å². The van der Waals surface area contributed by atoms with Crippen molar-refractivity contribution in [3.05, 3.63) is 70.3 Å². The van der Waals surface area contributed by atoms with Crippen molar-refractivity contribution in [2.24, 2.45) is 0 Å². The van der Waals surface area contributed by atoms with Gasteiger partial charge in [0, 0.05) is 12.0 Å². The van der Waals surface area contributed by atoms with Gasteiger partial charge in [0.15, 0.2) is 0 Å². The first-order valence-corrected chi connectivity index (χ1v) is 7.74. The van der Waals surface area contributed by atoms with Crippen LogP contribution in [-0.4, -0.2) is 11.9 Å². The van der Waals surface area contributed by atoms with Gasteiger partial charge in [0.2, 0.25) is 0 Å². The second kappa shape index (κ2) is 4.45. The van der Waals surface area contributed by atoms with Crippen LogP contribution in [0, 0.1) is 6.92 Å². The fraction of sp³-hybridized carbons (Fsp3) is 0.100. The molecule has 116 valence electrons. The number of fused-ring (bicyclic) bond motifs is 6. The Morgan fingerprint density at radius 2 is 1.67 bits per heavy atom. The highest BCUT2D eigenvalue weighted by Gasteiger charge is 2.32. The van der Waals surface area contributed by atoms with Crippen LogP contribution in [0.4, 0.5) is 0 Å². The normalized spacial score (nSPS) is 14.7. The molecule has 3 aromatic rings. The van der Waals surface area contributed by atoms with Crippen molar-refractivity contribution < 1.29 is 19.1 Å². The highest BCUT2D eigenvalue weighted by molar-refractivity contribution is 6.21. The van der Waals surface area contributed by atoms with Gasteiger partial charge >= 0.3 is 11.9 Å². The molecule has 0 N–H and O–H groups in total. The number of cyclic esters (lactones) is 2. The second-order valence-electron chi connectivity index (χ2n) is 6.19. The summed E-state index contributed by atoms with van der Waals surface area (Å²) in [4.78, 5) is 23.8.